The Morgan fingerprint density at radius 1 is 0.600 bits per heavy atom. The van der Waals surface area contributed by atoms with Gasteiger partial charge in [0.2, 0.25) is 0 Å². The van der Waals surface area contributed by atoms with Crippen LogP contribution in [-0.4, -0.2) is 20.6 Å². The summed E-state index contributed by atoms with van der Waals surface area (Å²) in [7, 11) is 0. The summed E-state index contributed by atoms with van der Waals surface area (Å²) in [5, 5.41) is 8.59. The van der Waals surface area contributed by atoms with E-state index in [-0.39, 0.29) is 0 Å². The van der Waals surface area contributed by atoms with Crippen molar-refractivity contribution in [3.05, 3.63) is 18.7 Å². The highest BCUT2D eigenvalue weighted by molar-refractivity contribution is 5.66. The molecule has 0 amide bonds. The Morgan fingerprint density at radius 2 is 0.967 bits per heavy atom. The molecule has 0 aliphatic heterocycles. The first-order valence-corrected chi connectivity index (χ1v) is 13.0. The predicted octanol–water partition coefficient (Wildman–Crippen LogP) is 8.16. The number of aromatic nitrogens is 2. The highest BCUT2D eigenvalue weighted by Gasteiger charge is 1.97. The van der Waals surface area contributed by atoms with Crippen molar-refractivity contribution < 1.29 is 9.90 Å². The first kappa shape index (κ1) is 26.7. The van der Waals surface area contributed by atoms with Gasteiger partial charge in [-0.3, -0.25) is 4.79 Å². The Kier molecular flexibility index (Phi) is 18.6. The van der Waals surface area contributed by atoms with Gasteiger partial charge in [0, 0.05) is 25.4 Å². The average Bonchev–Trinajstić information content (AvgIpc) is 3.25. The van der Waals surface area contributed by atoms with Crippen LogP contribution in [0.25, 0.3) is 0 Å². The zero-order valence-electron chi connectivity index (χ0n) is 19.5. The standard InChI is InChI=1S/C26H48N2O2/c29-26(30)21-19-17-15-13-11-9-7-5-3-1-2-4-6-8-10-12-14-16-18-20-23-28-24-22-27-25-28/h22,24-25H,1-21,23H2,(H,29,30). The molecule has 0 aliphatic rings. The maximum Gasteiger partial charge on any atom is 0.303 e. The monoisotopic (exact) mass is 420 g/mol. The summed E-state index contributed by atoms with van der Waals surface area (Å²) in [5.74, 6) is -0.654. The predicted molar refractivity (Wildman–Crippen MR) is 127 cm³/mol. The van der Waals surface area contributed by atoms with Crippen molar-refractivity contribution in [3.8, 4) is 0 Å². The summed E-state index contributed by atoms with van der Waals surface area (Å²) in [4.78, 5) is 14.5. The number of carboxylic acids is 1. The lowest BCUT2D eigenvalue weighted by atomic mass is 10.0. The smallest absolute Gasteiger partial charge is 0.303 e. The third kappa shape index (κ3) is 18.7. The largest absolute Gasteiger partial charge is 0.481 e. The molecule has 1 aromatic rings. The molecule has 0 bridgehead atoms. The molecule has 1 N–H and O–H groups in total. The number of aryl methyl sites for hydroxylation is 1. The van der Waals surface area contributed by atoms with Gasteiger partial charge in [-0.1, -0.05) is 116 Å². The van der Waals surface area contributed by atoms with Crippen LogP contribution >= 0.6 is 0 Å². The van der Waals surface area contributed by atoms with Crippen LogP contribution in [0.2, 0.25) is 0 Å². The van der Waals surface area contributed by atoms with Crippen LogP contribution in [0.1, 0.15) is 135 Å². The Bertz CT molecular complexity index is 473. The summed E-state index contributed by atoms with van der Waals surface area (Å²) >= 11 is 0. The van der Waals surface area contributed by atoms with Crippen LogP contribution in [0.5, 0.6) is 0 Å². The SMILES string of the molecule is O=C(O)CCCCCCCCCCCCCCCCCCCCCCn1ccnc1. The number of rotatable bonds is 23. The number of imidazole rings is 1. The van der Waals surface area contributed by atoms with E-state index in [1.54, 1.807) is 0 Å². The van der Waals surface area contributed by atoms with E-state index in [0.29, 0.717) is 6.42 Å². The Balaban J connectivity index is 1.64. The zero-order chi connectivity index (χ0) is 21.5. The van der Waals surface area contributed by atoms with Gasteiger partial charge in [-0.2, -0.15) is 0 Å². The van der Waals surface area contributed by atoms with Crippen molar-refractivity contribution in [1.29, 1.82) is 0 Å². The van der Waals surface area contributed by atoms with Crippen LogP contribution in [0.3, 0.4) is 0 Å². The van der Waals surface area contributed by atoms with E-state index >= 15 is 0 Å². The molecule has 1 aromatic heterocycles. The van der Waals surface area contributed by atoms with Gasteiger partial charge in [-0.25, -0.2) is 4.98 Å². The second-order valence-corrected chi connectivity index (χ2v) is 9.02. The van der Waals surface area contributed by atoms with E-state index < -0.39 is 5.97 Å². The number of hydrogen-bond acceptors (Lipinski definition) is 2. The van der Waals surface area contributed by atoms with E-state index in [0.717, 1.165) is 19.4 Å². The van der Waals surface area contributed by atoms with Gasteiger partial charge in [0.1, 0.15) is 0 Å². The molecule has 0 unspecified atom stereocenters. The number of nitrogens with zero attached hydrogens (tertiary/aromatic N) is 2. The van der Waals surface area contributed by atoms with Crippen LogP contribution in [-0.2, 0) is 11.3 Å². The van der Waals surface area contributed by atoms with Crippen molar-refractivity contribution in [3.63, 3.8) is 0 Å². The molecule has 1 rings (SSSR count). The fourth-order valence-corrected chi connectivity index (χ4v) is 4.17. The van der Waals surface area contributed by atoms with Gasteiger partial charge in [-0.05, 0) is 12.8 Å². The fourth-order valence-electron chi connectivity index (χ4n) is 4.17. The molecule has 0 aliphatic carbocycles. The molecule has 0 aromatic carbocycles. The van der Waals surface area contributed by atoms with Crippen molar-refractivity contribution >= 4 is 5.97 Å². The normalized spacial score (nSPS) is 11.2. The van der Waals surface area contributed by atoms with Gasteiger partial charge in [-0.15, -0.1) is 0 Å². The molecule has 4 heteroatoms. The number of aliphatic carboxylic acids is 1. The minimum Gasteiger partial charge on any atom is -0.481 e. The van der Waals surface area contributed by atoms with E-state index in [1.165, 1.54) is 116 Å². The number of unbranched alkanes of at least 4 members (excludes halogenated alkanes) is 19. The van der Waals surface area contributed by atoms with Crippen LogP contribution < -0.4 is 0 Å². The van der Waals surface area contributed by atoms with Gasteiger partial charge >= 0.3 is 5.97 Å². The lowest BCUT2D eigenvalue weighted by Crippen LogP contribution is -1.93. The van der Waals surface area contributed by atoms with Crippen molar-refractivity contribution in [2.24, 2.45) is 0 Å². The maximum absolute atomic E-state index is 10.4. The molecule has 174 valence electrons. The maximum atomic E-state index is 10.4. The summed E-state index contributed by atoms with van der Waals surface area (Å²) in [6, 6.07) is 0. The highest BCUT2D eigenvalue weighted by atomic mass is 16.4. The molecule has 0 fully saturated rings. The summed E-state index contributed by atoms with van der Waals surface area (Å²) < 4.78 is 2.18. The minimum atomic E-state index is -0.654. The van der Waals surface area contributed by atoms with Crippen molar-refractivity contribution in [2.45, 2.75) is 141 Å². The third-order valence-electron chi connectivity index (χ3n) is 6.12. The molecule has 0 atom stereocenters. The lowest BCUT2D eigenvalue weighted by molar-refractivity contribution is -0.137. The fraction of sp³-hybridized carbons (Fsp3) is 0.846. The number of carbonyl (C=O) groups is 1. The molecular formula is C26H48N2O2. The van der Waals surface area contributed by atoms with Crippen LogP contribution in [0.15, 0.2) is 18.7 Å². The Morgan fingerprint density at radius 3 is 1.30 bits per heavy atom. The van der Waals surface area contributed by atoms with E-state index in [9.17, 15) is 4.79 Å². The van der Waals surface area contributed by atoms with Crippen LogP contribution in [0.4, 0.5) is 0 Å². The third-order valence-corrected chi connectivity index (χ3v) is 6.12. The molecule has 0 spiro atoms. The molecule has 0 saturated carbocycles. The molecule has 0 radical (unpaired) electrons. The summed E-state index contributed by atoms with van der Waals surface area (Å²) in [6.45, 7) is 1.12. The molecule has 4 nitrogen and oxygen atoms in total. The minimum absolute atomic E-state index is 0.341. The highest BCUT2D eigenvalue weighted by Crippen LogP contribution is 2.15. The van der Waals surface area contributed by atoms with Gasteiger partial charge < -0.3 is 9.67 Å². The molecular weight excluding hydrogens is 372 g/mol. The first-order chi connectivity index (χ1) is 14.8. The Labute approximate surface area is 185 Å². The average molecular weight is 421 g/mol. The van der Waals surface area contributed by atoms with Gasteiger partial charge in [0.05, 0.1) is 6.33 Å². The summed E-state index contributed by atoms with van der Waals surface area (Å²) in [5.41, 5.74) is 0. The topological polar surface area (TPSA) is 55.1 Å². The molecule has 30 heavy (non-hydrogen) atoms. The number of hydrogen-bond donors (Lipinski definition) is 1. The zero-order valence-corrected chi connectivity index (χ0v) is 19.5. The van der Waals surface area contributed by atoms with Crippen molar-refractivity contribution in [1.82, 2.24) is 9.55 Å². The van der Waals surface area contributed by atoms with E-state index in [4.69, 9.17) is 5.11 Å². The van der Waals surface area contributed by atoms with Crippen LogP contribution in [0, 0.1) is 0 Å². The second kappa shape index (κ2) is 20.9. The van der Waals surface area contributed by atoms with Crippen molar-refractivity contribution in [2.75, 3.05) is 0 Å². The summed E-state index contributed by atoms with van der Waals surface area (Å²) in [6.07, 6.45) is 32.9. The number of carboxylic acid groups (broad SMARTS) is 1. The molecule has 1 heterocycles. The second-order valence-electron chi connectivity index (χ2n) is 9.02. The molecule has 0 saturated heterocycles. The van der Waals surface area contributed by atoms with E-state index in [2.05, 4.69) is 15.7 Å². The Hall–Kier alpha value is -1.32. The quantitative estimate of drug-likeness (QED) is 0.182. The first-order valence-electron chi connectivity index (χ1n) is 13.0. The van der Waals surface area contributed by atoms with E-state index in [1.807, 2.05) is 12.5 Å². The lowest BCUT2D eigenvalue weighted by Gasteiger charge is -2.04. The van der Waals surface area contributed by atoms with Gasteiger partial charge in [0.15, 0.2) is 0 Å². The van der Waals surface area contributed by atoms with Gasteiger partial charge in [0.25, 0.3) is 0 Å².